The molecule has 48 heavy (non-hydrogen) atoms. The zero-order valence-corrected chi connectivity index (χ0v) is 26.3. The minimum atomic E-state index is 0.908. The molecule has 0 amide bonds. The zero-order chi connectivity index (χ0) is 31.9. The maximum atomic E-state index is 6.38. The zero-order valence-electron chi connectivity index (χ0n) is 26.3. The predicted octanol–water partition coefficient (Wildman–Crippen LogP) is 13.2. The van der Waals surface area contributed by atoms with Crippen LogP contribution in [0, 0.1) is 0 Å². The molecule has 0 aliphatic heterocycles. The Hall–Kier alpha value is -6.38. The van der Waals surface area contributed by atoms with E-state index in [1.54, 1.807) is 0 Å². The molecule has 9 rings (SSSR count). The van der Waals surface area contributed by atoms with Gasteiger partial charge in [-0.25, -0.2) is 0 Å². The molecule has 0 fully saturated rings. The van der Waals surface area contributed by atoms with Gasteiger partial charge in [-0.2, -0.15) is 0 Å². The van der Waals surface area contributed by atoms with Crippen LogP contribution in [0.2, 0.25) is 0 Å². The fraction of sp³-hybridized carbons (Fsp3) is 0. The highest BCUT2D eigenvalue weighted by Gasteiger charge is 2.15. The summed E-state index contributed by atoms with van der Waals surface area (Å²) in [6.07, 6.45) is 0. The number of fused-ring (bicyclic) bond motifs is 5. The van der Waals surface area contributed by atoms with Gasteiger partial charge in [-0.1, -0.05) is 133 Å². The first-order valence-electron chi connectivity index (χ1n) is 16.3. The SMILES string of the molecule is c1ccc(-c2ccc(N(c3ccc(-c4ccc5oc6c7ccccc7ccc6c5c4)cc3)c3cccc(-c4ccccc4)c3)cc2)cc1. The van der Waals surface area contributed by atoms with Crippen molar-refractivity contribution in [3.05, 3.63) is 188 Å². The van der Waals surface area contributed by atoms with Gasteiger partial charge in [-0.05, 0) is 93.4 Å². The Bertz CT molecular complexity index is 2530. The molecule has 0 aliphatic carbocycles. The topological polar surface area (TPSA) is 16.4 Å². The summed E-state index contributed by atoms with van der Waals surface area (Å²) in [7, 11) is 0. The van der Waals surface area contributed by atoms with Gasteiger partial charge in [0.25, 0.3) is 0 Å². The Morgan fingerprint density at radius 2 is 0.854 bits per heavy atom. The highest BCUT2D eigenvalue weighted by Crippen LogP contribution is 2.40. The molecular formula is C46H31NO. The van der Waals surface area contributed by atoms with Crippen LogP contribution >= 0.6 is 0 Å². The summed E-state index contributed by atoms with van der Waals surface area (Å²) in [4.78, 5) is 2.34. The van der Waals surface area contributed by atoms with Crippen LogP contribution in [-0.4, -0.2) is 0 Å². The normalized spacial score (nSPS) is 11.3. The van der Waals surface area contributed by atoms with Gasteiger partial charge in [0.1, 0.15) is 11.2 Å². The molecule has 0 bridgehead atoms. The van der Waals surface area contributed by atoms with Crippen molar-refractivity contribution in [2.24, 2.45) is 0 Å². The first kappa shape index (κ1) is 27.9. The monoisotopic (exact) mass is 613 g/mol. The number of benzene rings is 8. The highest BCUT2D eigenvalue weighted by atomic mass is 16.3. The summed E-state index contributed by atoms with van der Waals surface area (Å²) in [5, 5.41) is 4.61. The molecule has 0 atom stereocenters. The van der Waals surface area contributed by atoms with Crippen molar-refractivity contribution in [2.45, 2.75) is 0 Å². The summed E-state index contributed by atoms with van der Waals surface area (Å²) < 4.78 is 6.38. The number of hydrogen-bond acceptors (Lipinski definition) is 2. The van der Waals surface area contributed by atoms with Crippen LogP contribution in [0.1, 0.15) is 0 Å². The third-order valence-electron chi connectivity index (χ3n) is 9.26. The van der Waals surface area contributed by atoms with E-state index < -0.39 is 0 Å². The van der Waals surface area contributed by atoms with Crippen molar-refractivity contribution in [3.63, 3.8) is 0 Å². The van der Waals surface area contributed by atoms with Crippen LogP contribution in [0.3, 0.4) is 0 Å². The smallest absolute Gasteiger partial charge is 0.143 e. The van der Waals surface area contributed by atoms with Crippen molar-refractivity contribution in [1.29, 1.82) is 0 Å². The standard InChI is InChI=1S/C46H31NO/c1-3-10-32(11-4-1)34-18-24-39(25-19-34)47(41-16-9-15-37(30-41)33-12-5-2-6-13-33)40-26-20-35(21-27-40)38-23-29-45-44(31-38)43-28-22-36-14-7-8-17-42(36)46(43)48-45/h1-31H. The van der Waals surface area contributed by atoms with Crippen LogP contribution in [-0.2, 0) is 0 Å². The Morgan fingerprint density at radius 3 is 1.56 bits per heavy atom. The molecule has 0 spiro atoms. The lowest BCUT2D eigenvalue weighted by molar-refractivity contribution is 0.672. The molecule has 0 saturated carbocycles. The van der Waals surface area contributed by atoms with Crippen molar-refractivity contribution < 1.29 is 4.42 Å². The fourth-order valence-electron chi connectivity index (χ4n) is 6.82. The summed E-state index contributed by atoms with van der Waals surface area (Å²) >= 11 is 0. The molecule has 9 aromatic rings. The second kappa shape index (κ2) is 11.8. The Balaban J connectivity index is 1.11. The molecule has 0 N–H and O–H groups in total. The molecular weight excluding hydrogens is 583 g/mol. The Morgan fingerprint density at radius 1 is 0.312 bits per heavy atom. The van der Waals surface area contributed by atoms with Crippen LogP contribution < -0.4 is 4.90 Å². The fourth-order valence-corrected chi connectivity index (χ4v) is 6.82. The maximum Gasteiger partial charge on any atom is 0.143 e. The Labute approximate surface area is 279 Å². The molecule has 226 valence electrons. The lowest BCUT2D eigenvalue weighted by Crippen LogP contribution is -2.10. The number of hydrogen-bond donors (Lipinski definition) is 0. The van der Waals surface area contributed by atoms with Crippen LogP contribution in [0.25, 0.3) is 66.1 Å². The van der Waals surface area contributed by atoms with E-state index in [-0.39, 0.29) is 0 Å². The molecule has 2 heteroatoms. The van der Waals surface area contributed by atoms with Crippen molar-refractivity contribution in [2.75, 3.05) is 4.90 Å². The third-order valence-corrected chi connectivity index (χ3v) is 9.26. The summed E-state index contributed by atoms with van der Waals surface area (Å²) in [5.74, 6) is 0. The molecule has 0 radical (unpaired) electrons. The van der Waals surface area contributed by atoms with Gasteiger partial charge in [0.05, 0.1) is 0 Å². The number of anilines is 3. The molecule has 1 heterocycles. The van der Waals surface area contributed by atoms with Gasteiger partial charge in [0, 0.05) is 33.2 Å². The summed E-state index contributed by atoms with van der Waals surface area (Å²) in [5.41, 5.74) is 12.3. The minimum absolute atomic E-state index is 0.908. The molecule has 1 aromatic heterocycles. The molecule has 0 aliphatic rings. The van der Waals surface area contributed by atoms with Crippen LogP contribution in [0.15, 0.2) is 192 Å². The quantitative estimate of drug-likeness (QED) is 0.185. The second-order valence-corrected chi connectivity index (χ2v) is 12.2. The van der Waals surface area contributed by atoms with Crippen LogP contribution in [0.4, 0.5) is 17.1 Å². The van der Waals surface area contributed by atoms with Crippen molar-refractivity contribution in [1.82, 2.24) is 0 Å². The van der Waals surface area contributed by atoms with Crippen LogP contribution in [0.5, 0.6) is 0 Å². The first-order chi connectivity index (χ1) is 23.8. The van der Waals surface area contributed by atoms with E-state index in [1.807, 2.05) is 0 Å². The third kappa shape index (κ3) is 5.01. The van der Waals surface area contributed by atoms with Gasteiger partial charge >= 0.3 is 0 Å². The molecule has 8 aromatic carbocycles. The number of furan rings is 1. The van der Waals surface area contributed by atoms with Gasteiger partial charge in [-0.15, -0.1) is 0 Å². The van der Waals surface area contributed by atoms with E-state index in [2.05, 4.69) is 193 Å². The highest BCUT2D eigenvalue weighted by molar-refractivity contribution is 6.15. The molecule has 2 nitrogen and oxygen atoms in total. The largest absolute Gasteiger partial charge is 0.455 e. The lowest BCUT2D eigenvalue weighted by atomic mass is 10.0. The van der Waals surface area contributed by atoms with E-state index in [4.69, 9.17) is 4.42 Å². The van der Waals surface area contributed by atoms with Crippen molar-refractivity contribution in [3.8, 4) is 33.4 Å². The van der Waals surface area contributed by atoms with E-state index in [0.29, 0.717) is 0 Å². The van der Waals surface area contributed by atoms with E-state index >= 15 is 0 Å². The maximum absolute atomic E-state index is 6.38. The minimum Gasteiger partial charge on any atom is -0.455 e. The van der Waals surface area contributed by atoms with E-state index in [9.17, 15) is 0 Å². The first-order valence-corrected chi connectivity index (χ1v) is 16.3. The lowest BCUT2D eigenvalue weighted by Gasteiger charge is -2.26. The van der Waals surface area contributed by atoms with E-state index in [1.165, 1.54) is 27.6 Å². The Kier molecular flexibility index (Phi) is 6.84. The van der Waals surface area contributed by atoms with Gasteiger partial charge in [-0.3, -0.25) is 0 Å². The number of nitrogens with zero attached hydrogens (tertiary/aromatic N) is 1. The summed E-state index contributed by atoms with van der Waals surface area (Å²) in [6.45, 7) is 0. The van der Waals surface area contributed by atoms with E-state index in [0.717, 1.165) is 55.5 Å². The molecule has 0 unspecified atom stereocenters. The summed E-state index contributed by atoms with van der Waals surface area (Å²) in [6, 6.07) is 66.9. The predicted molar refractivity (Wildman–Crippen MR) is 202 cm³/mol. The van der Waals surface area contributed by atoms with Gasteiger partial charge in [0.15, 0.2) is 0 Å². The second-order valence-electron chi connectivity index (χ2n) is 12.2. The average molecular weight is 614 g/mol. The van der Waals surface area contributed by atoms with Crippen molar-refractivity contribution >= 4 is 49.8 Å². The molecule has 0 saturated heterocycles. The number of rotatable bonds is 6. The average Bonchev–Trinajstić information content (AvgIpc) is 3.55. The van der Waals surface area contributed by atoms with Gasteiger partial charge in [0.2, 0.25) is 0 Å². The van der Waals surface area contributed by atoms with Gasteiger partial charge < -0.3 is 9.32 Å².